The molecule has 0 spiro atoms. The molecule has 0 aromatic carbocycles. The summed E-state index contributed by atoms with van der Waals surface area (Å²) in [4.78, 5) is 21.3. The van der Waals surface area contributed by atoms with Gasteiger partial charge in [0, 0.05) is 57.0 Å². The molecule has 0 N–H and O–H groups in total. The second kappa shape index (κ2) is 7.61. The first-order valence-electron chi connectivity index (χ1n) is 8.63. The Labute approximate surface area is 142 Å². The minimum Gasteiger partial charge on any atom is -0.340 e. The van der Waals surface area contributed by atoms with Crippen LogP contribution in [-0.4, -0.2) is 61.2 Å². The van der Waals surface area contributed by atoms with Gasteiger partial charge < -0.3 is 9.47 Å². The van der Waals surface area contributed by atoms with E-state index in [-0.39, 0.29) is 5.91 Å². The van der Waals surface area contributed by atoms with Crippen molar-refractivity contribution in [3.63, 3.8) is 0 Å². The maximum atomic E-state index is 12.4. The number of hydrogen-bond acceptors (Lipinski definition) is 4. The van der Waals surface area contributed by atoms with Crippen molar-refractivity contribution in [1.29, 1.82) is 0 Å². The van der Waals surface area contributed by atoms with Crippen molar-refractivity contribution < 1.29 is 4.79 Å². The fourth-order valence-corrected chi connectivity index (χ4v) is 3.15. The van der Waals surface area contributed by atoms with E-state index >= 15 is 0 Å². The van der Waals surface area contributed by atoms with E-state index in [1.165, 1.54) is 0 Å². The Kier molecular flexibility index (Phi) is 5.30. The molecule has 0 bridgehead atoms. The third kappa shape index (κ3) is 4.03. The molecule has 7 nitrogen and oxygen atoms in total. The minimum absolute atomic E-state index is 0.143. The lowest BCUT2D eigenvalue weighted by Crippen LogP contribution is -2.37. The van der Waals surface area contributed by atoms with Crippen molar-refractivity contribution >= 4 is 5.91 Å². The van der Waals surface area contributed by atoms with Crippen LogP contribution in [0.2, 0.25) is 0 Å². The average molecular weight is 330 g/mol. The second-order valence-corrected chi connectivity index (χ2v) is 6.56. The summed E-state index contributed by atoms with van der Waals surface area (Å²) in [5.74, 6) is 1.24. The van der Waals surface area contributed by atoms with Crippen LogP contribution < -0.4 is 0 Å². The normalized spacial score (nSPS) is 16.5. The number of aromatic nitrogens is 4. The Hall–Kier alpha value is -2.15. The molecule has 3 heterocycles. The van der Waals surface area contributed by atoms with Crippen molar-refractivity contribution in [2.24, 2.45) is 0 Å². The maximum Gasteiger partial charge on any atom is 0.244 e. The van der Waals surface area contributed by atoms with Gasteiger partial charge >= 0.3 is 0 Å². The van der Waals surface area contributed by atoms with Gasteiger partial charge in [-0.2, -0.15) is 5.10 Å². The van der Waals surface area contributed by atoms with E-state index in [0.29, 0.717) is 12.6 Å². The zero-order valence-corrected chi connectivity index (χ0v) is 14.5. The molecular weight excluding hydrogens is 304 g/mol. The summed E-state index contributed by atoms with van der Waals surface area (Å²) in [5, 5.41) is 4.11. The van der Waals surface area contributed by atoms with Gasteiger partial charge in [0.2, 0.25) is 5.91 Å². The van der Waals surface area contributed by atoms with E-state index < -0.39 is 0 Å². The molecule has 7 heteroatoms. The Morgan fingerprint density at radius 3 is 2.79 bits per heavy atom. The van der Waals surface area contributed by atoms with Gasteiger partial charge in [-0.15, -0.1) is 0 Å². The first-order valence-corrected chi connectivity index (χ1v) is 8.63. The van der Waals surface area contributed by atoms with Crippen LogP contribution in [-0.2, 0) is 17.9 Å². The van der Waals surface area contributed by atoms with Crippen molar-refractivity contribution in [2.75, 3.05) is 26.2 Å². The van der Waals surface area contributed by atoms with Gasteiger partial charge in [-0.05, 0) is 26.3 Å². The smallest absolute Gasteiger partial charge is 0.244 e. The van der Waals surface area contributed by atoms with E-state index in [1.807, 2.05) is 29.6 Å². The Morgan fingerprint density at radius 2 is 2.04 bits per heavy atom. The Bertz CT molecular complexity index is 648. The van der Waals surface area contributed by atoms with Crippen molar-refractivity contribution in [1.82, 2.24) is 29.1 Å². The maximum absolute atomic E-state index is 12.4. The molecule has 0 unspecified atom stereocenters. The molecule has 0 saturated carbocycles. The highest BCUT2D eigenvalue weighted by atomic mass is 16.2. The first kappa shape index (κ1) is 16.7. The zero-order chi connectivity index (χ0) is 16.9. The molecule has 24 heavy (non-hydrogen) atoms. The zero-order valence-electron chi connectivity index (χ0n) is 14.5. The highest BCUT2D eigenvalue weighted by Gasteiger charge is 2.20. The van der Waals surface area contributed by atoms with Crippen molar-refractivity contribution in [3.8, 4) is 0 Å². The van der Waals surface area contributed by atoms with Gasteiger partial charge in [0.25, 0.3) is 0 Å². The standard InChI is InChI=1S/C17H26N6O/c1-15(2)23-10-6-18-16(23)13-20-7-4-8-21(12-11-20)17(24)14-22-9-3-5-19-22/h3,5-6,9-10,15H,4,7-8,11-14H2,1-2H3. The van der Waals surface area contributed by atoms with Gasteiger partial charge in [0.1, 0.15) is 12.4 Å². The molecule has 1 aliphatic heterocycles. The monoisotopic (exact) mass is 330 g/mol. The summed E-state index contributed by atoms with van der Waals surface area (Å²) >= 11 is 0. The van der Waals surface area contributed by atoms with Crippen LogP contribution in [0, 0.1) is 0 Å². The van der Waals surface area contributed by atoms with Crippen molar-refractivity contribution in [2.45, 2.75) is 39.4 Å². The molecule has 2 aromatic rings. The van der Waals surface area contributed by atoms with E-state index in [2.05, 4.69) is 33.4 Å². The van der Waals surface area contributed by atoms with E-state index in [4.69, 9.17) is 0 Å². The highest BCUT2D eigenvalue weighted by molar-refractivity contribution is 5.75. The molecule has 1 saturated heterocycles. The van der Waals surface area contributed by atoms with E-state index in [0.717, 1.165) is 45.0 Å². The largest absolute Gasteiger partial charge is 0.340 e. The SMILES string of the molecule is CC(C)n1ccnc1CN1CCCN(C(=O)Cn2cccn2)CC1. The van der Waals surface area contributed by atoms with Gasteiger partial charge in [0.05, 0.1) is 6.54 Å². The van der Waals surface area contributed by atoms with Crippen LogP contribution in [0.4, 0.5) is 0 Å². The quantitative estimate of drug-likeness (QED) is 0.831. The average Bonchev–Trinajstić information content (AvgIpc) is 3.16. The van der Waals surface area contributed by atoms with Crippen LogP contribution in [0.3, 0.4) is 0 Å². The van der Waals surface area contributed by atoms with Crippen LogP contribution in [0.15, 0.2) is 30.9 Å². The summed E-state index contributed by atoms with van der Waals surface area (Å²) in [6.07, 6.45) is 8.43. The number of rotatable bonds is 5. The Balaban J connectivity index is 1.55. The van der Waals surface area contributed by atoms with Crippen LogP contribution in [0.1, 0.15) is 32.1 Å². The molecule has 0 atom stereocenters. The highest BCUT2D eigenvalue weighted by Crippen LogP contribution is 2.12. The van der Waals surface area contributed by atoms with E-state index in [1.54, 1.807) is 10.9 Å². The van der Waals surface area contributed by atoms with Crippen LogP contribution in [0.5, 0.6) is 0 Å². The minimum atomic E-state index is 0.143. The molecule has 0 aliphatic carbocycles. The lowest BCUT2D eigenvalue weighted by Gasteiger charge is -2.22. The van der Waals surface area contributed by atoms with Crippen LogP contribution in [0.25, 0.3) is 0 Å². The third-order valence-electron chi connectivity index (χ3n) is 4.47. The summed E-state index contributed by atoms with van der Waals surface area (Å²) in [6.45, 7) is 8.97. The lowest BCUT2D eigenvalue weighted by molar-refractivity contribution is -0.131. The van der Waals surface area contributed by atoms with Gasteiger partial charge in [-0.3, -0.25) is 14.4 Å². The number of imidazole rings is 1. The number of nitrogens with zero attached hydrogens (tertiary/aromatic N) is 6. The predicted molar refractivity (Wildman–Crippen MR) is 91.3 cm³/mol. The lowest BCUT2D eigenvalue weighted by atomic mass is 10.3. The number of amides is 1. The first-order chi connectivity index (χ1) is 11.6. The van der Waals surface area contributed by atoms with Gasteiger partial charge in [-0.25, -0.2) is 4.98 Å². The second-order valence-electron chi connectivity index (χ2n) is 6.56. The van der Waals surface area contributed by atoms with Crippen molar-refractivity contribution in [3.05, 3.63) is 36.7 Å². The molecule has 3 rings (SSSR count). The predicted octanol–water partition coefficient (Wildman–Crippen LogP) is 1.39. The number of hydrogen-bond donors (Lipinski definition) is 0. The number of carbonyl (C=O) groups is 1. The summed E-state index contributed by atoms with van der Waals surface area (Å²) in [6, 6.07) is 2.26. The molecule has 0 radical (unpaired) electrons. The Morgan fingerprint density at radius 1 is 1.17 bits per heavy atom. The molecule has 1 aliphatic rings. The molecule has 130 valence electrons. The molecule has 1 amide bonds. The fourth-order valence-electron chi connectivity index (χ4n) is 3.15. The summed E-state index contributed by atoms with van der Waals surface area (Å²) in [7, 11) is 0. The van der Waals surface area contributed by atoms with Gasteiger partial charge in [0.15, 0.2) is 0 Å². The molecular formula is C17H26N6O. The number of carbonyl (C=O) groups excluding carboxylic acids is 1. The molecule has 2 aromatic heterocycles. The topological polar surface area (TPSA) is 59.2 Å². The summed E-state index contributed by atoms with van der Waals surface area (Å²) < 4.78 is 3.90. The van der Waals surface area contributed by atoms with Gasteiger partial charge in [-0.1, -0.05) is 0 Å². The van der Waals surface area contributed by atoms with Crippen LogP contribution >= 0.6 is 0 Å². The summed E-state index contributed by atoms with van der Waals surface area (Å²) in [5.41, 5.74) is 0. The van der Waals surface area contributed by atoms with E-state index in [9.17, 15) is 4.79 Å². The third-order valence-corrected chi connectivity index (χ3v) is 4.47. The molecule has 1 fully saturated rings. The fraction of sp³-hybridized carbons (Fsp3) is 0.588.